The van der Waals surface area contributed by atoms with Crippen molar-refractivity contribution in [3.8, 4) is 28.4 Å². The van der Waals surface area contributed by atoms with Crippen LogP contribution in [-0.2, 0) is 16.0 Å². The first-order valence-electron chi connectivity index (χ1n) is 12.0. The standard InChI is InChI=1S/C27H35N3O6/c1-14(2)28-27(33)15(3)29-21-11-9-18-19(13-22(21)32)20(30-16(4)31)10-8-17-12-23(34-5)25(35-6)26(36-7)24(17)18/h9,11-15,20H,8,10H2,1-7H3,(H,28,33)(H,29,32)(H,30,31). The zero-order chi connectivity index (χ0) is 26.6. The molecule has 0 radical (unpaired) electrons. The number of aryl methyl sites for hydroxylation is 1. The molecule has 9 nitrogen and oxygen atoms in total. The number of nitrogens with one attached hydrogen (secondary N) is 3. The average Bonchev–Trinajstić information content (AvgIpc) is 3.06. The maximum atomic E-state index is 13.3. The van der Waals surface area contributed by atoms with Crippen molar-refractivity contribution in [2.45, 2.75) is 58.7 Å². The minimum absolute atomic E-state index is 0.0224. The van der Waals surface area contributed by atoms with Crippen molar-refractivity contribution in [2.75, 3.05) is 26.6 Å². The topological polar surface area (TPSA) is 115 Å². The molecule has 9 heteroatoms. The highest BCUT2D eigenvalue weighted by Crippen LogP contribution is 2.50. The molecule has 0 spiro atoms. The van der Waals surface area contributed by atoms with Crippen LogP contribution < -0.4 is 35.6 Å². The van der Waals surface area contributed by atoms with E-state index in [-0.39, 0.29) is 29.0 Å². The van der Waals surface area contributed by atoms with Gasteiger partial charge in [-0.15, -0.1) is 0 Å². The Hall–Kier alpha value is -3.75. The Morgan fingerprint density at radius 2 is 1.69 bits per heavy atom. The fraction of sp³-hybridized carbons (Fsp3) is 0.444. The van der Waals surface area contributed by atoms with E-state index in [1.165, 1.54) is 20.1 Å². The summed E-state index contributed by atoms with van der Waals surface area (Å²) in [4.78, 5) is 37.8. The summed E-state index contributed by atoms with van der Waals surface area (Å²) in [5.74, 6) is 1.04. The number of benzene rings is 1. The van der Waals surface area contributed by atoms with Crippen LogP contribution in [0.4, 0.5) is 5.69 Å². The van der Waals surface area contributed by atoms with E-state index < -0.39 is 12.1 Å². The van der Waals surface area contributed by atoms with Gasteiger partial charge in [0.05, 0.1) is 33.1 Å². The van der Waals surface area contributed by atoms with E-state index in [0.717, 1.165) is 16.7 Å². The first-order chi connectivity index (χ1) is 17.1. The molecule has 0 aromatic heterocycles. The number of amides is 2. The van der Waals surface area contributed by atoms with E-state index in [9.17, 15) is 14.4 Å². The van der Waals surface area contributed by atoms with Gasteiger partial charge in [-0.05, 0) is 68.5 Å². The van der Waals surface area contributed by atoms with E-state index in [1.807, 2.05) is 26.0 Å². The largest absolute Gasteiger partial charge is 0.493 e. The molecule has 2 aromatic rings. The van der Waals surface area contributed by atoms with Crippen molar-refractivity contribution < 1.29 is 23.8 Å². The summed E-state index contributed by atoms with van der Waals surface area (Å²) in [6.07, 6.45) is 1.18. The molecule has 3 rings (SSSR count). The lowest BCUT2D eigenvalue weighted by molar-refractivity contribution is -0.122. The van der Waals surface area contributed by atoms with Gasteiger partial charge in [-0.3, -0.25) is 14.4 Å². The Morgan fingerprint density at radius 1 is 1.00 bits per heavy atom. The van der Waals surface area contributed by atoms with E-state index in [1.54, 1.807) is 27.2 Å². The third-order valence-electron chi connectivity index (χ3n) is 6.11. The number of carbonyl (C=O) groups is 2. The van der Waals surface area contributed by atoms with Crippen LogP contribution in [0.25, 0.3) is 11.1 Å². The first kappa shape index (κ1) is 26.8. The van der Waals surface area contributed by atoms with Crippen molar-refractivity contribution in [1.29, 1.82) is 0 Å². The highest BCUT2D eigenvalue weighted by Gasteiger charge is 2.29. The van der Waals surface area contributed by atoms with Gasteiger partial charge in [0.15, 0.2) is 11.5 Å². The molecule has 2 aromatic carbocycles. The number of hydrogen-bond donors (Lipinski definition) is 3. The molecule has 0 saturated carbocycles. The molecule has 2 unspecified atom stereocenters. The number of methoxy groups -OCH3 is 3. The summed E-state index contributed by atoms with van der Waals surface area (Å²) in [7, 11) is 4.65. The Balaban J connectivity index is 2.25. The molecule has 2 atom stereocenters. The lowest BCUT2D eigenvalue weighted by Gasteiger charge is -2.19. The molecule has 3 N–H and O–H groups in total. The van der Waals surface area contributed by atoms with Gasteiger partial charge in [0.2, 0.25) is 23.0 Å². The fourth-order valence-corrected chi connectivity index (χ4v) is 4.54. The zero-order valence-corrected chi connectivity index (χ0v) is 21.9. The fourth-order valence-electron chi connectivity index (χ4n) is 4.54. The Bertz CT molecular complexity index is 1210. The van der Waals surface area contributed by atoms with Crippen LogP contribution in [0, 0.1) is 0 Å². The molecule has 2 amide bonds. The summed E-state index contributed by atoms with van der Waals surface area (Å²) in [6, 6.07) is 5.86. The third-order valence-corrected chi connectivity index (χ3v) is 6.11. The molecule has 194 valence electrons. The van der Waals surface area contributed by atoms with Gasteiger partial charge in [-0.25, -0.2) is 0 Å². The van der Waals surface area contributed by atoms with Crippen LogP contribution in [-0.4, -0.2) is 45.2 Å². The average molecular weight is 498 g/mol. The first-order valence-corrected chi connectivity index (χ1v) is 12.0. The van der Waals surface area contributed by atoms with Gasteiger partial charge in [0, 0.05) is 18.5 Å². The summed E-state index contributed by atoms with van der Waals surface area (Å²) in [5, 5.41) is 8.86. The number of rotatable bonds is 8. The van der Waals surface area contributed by atoms with Crippen LogP contribution in [0.3, 0.4) is 0 Å². The predicted molar refractivity (Wildman–Crippen MR) is 139 cm³/mol. The Labute approximate surface area is 211 Å². The molecule has 0 saturated heterocycles. The number of hydrogen-bond acceptors (Lipinski definition) is 7. The Kier molecular flexibility index (Phi) is 8.45. The molecule has 0 fully saturated rings. The van der Waals surface area contributed by atoms with Crippen LogP contribution in [0.5, 0.6) is 17.2 Å². The number of anilines is 1. The van der Waals surface area contributed by atoms with Crippen molar-refractivity contribution in [1.82, 2.24) is 10.6 Å². The molecule has 36 heavy (non-hydrogen) atoms. The second kappa shape index (κ2) is 11.3. The SMILES string of the molecule is COc1cc2c(c(OC)c1OC)-c1ccc(NC(C)C(=O)NC(C)C)c(=O)cc1C(NC(C)=O)CC2. The minimum Gasteiger partial charge on any atom is -0.493 e. The number of carbonyl (C=O) groups excluding carboxylic acids is 2. The van der Waals surface area contributed by atoms with Gasteiger partial charge in [0.1, 0.15) is 6.04 Å². The molecule has 1 aliphatic carbocycles. The summed E-state index contributed by atoms with van der Waals surface area (Å²) < 4.78 is 16.9. The van der Waals surface area contributed by atoms with Crippen LogP contribution in [0.2, 0.25) is 0 Å². The van der Waals surface area contributed by atoms with Gasteiger partial charge in [-0.2, -0.15) is 0 Å². The highest BCUT2D eigenvalue weighted by atomic mass is 16.5. The van der Waals surface area contributed by atoms with E-state index in [2.05, 4.69) is 16.0 Å². The molecular weight excluding hydrogens is 462 g/mol. The normalized spacial score (nSPS) is 15.1. The Morgan fingerprint density at radius 3 is 2.28 bits per heavy atom. The van der Waals surface area contributed by atoms with Crippen LogP contribution in [0.15, 0.2) is 29.1 Å². The van der Waals surface area contributed by atoms with Gasteiger partial charge >= 0.3 is 0 Å². The molecule has 0 aliphatic heterocycles. The maximum Gasteiger partial charge on any atom is 0.242 e. The number of fused-ring (bicyclic) bond motifs is 3. The van der Waals surface area contributed by atoms with Gasteiger partial charge in [-0.1, -0.05) is 6.07 Å². The number of ether oxygens (including phenoxy) is 3. The van der Waals surface area contributed by atoms with E-state index >= 15 is 0 Å². The van der Waals surface area contributed by atoms with Crippen LogP contribution >= 0.6 is 0 Å². The summed E-state index contributed by atoms with van der Waals surface area (Å²) >= 11 is 0. The van der Waals surface area contributed by atoms with Crippen molar-refractivity contribution in [3.05, 3.63) is 45.6 Å². The second-order valence-electron chi connectivity index (χ2n) is 9.13. The predicted octanol–water partition coefficient (Wildman–Crippen LogP) is 3.19. The lowest BCUT2D eigenvalue weighted by Crippen LogP contribution is -2.41. The van der Waals surface area contributed by atoms with Crippen molar-refractivity contribution >= 4 is 17.5 Å². The lowest BCUT2D eigenvalue weighted by atomic mass is 9.95. The second-order valence-corrected chi connectivity index (χ2v) is 9.13. The minimum atomic E-state index is -0.625. The molecule has 0 heterocycles. The van der Waals surface area contributed by atoms with Gasteiger partial charge in [0.25, 0.3) is 0 Å². The monoisotopic (exact) mass is 497 g/mol. The molecule has 1 aliphatic rings. The molecular formula is C27H35N3O6. The van der Waals surface area contributed by atoms with Crippen molar-refractivity contribution in [3.63, 3.8) is 0 Å². The third kappa shape index (κ3) is 5.56. The summed E-state index contributed by atoms with van der Waals surface area (Å²) in [5.41, 5.74) is 3.08. The van der Waals surface area contributed by atoms with E-state index in [4.69, 9.17) is 14.2 Å². The molecule has 0 bridgehead atoms. The van der Waals surface area contributed by atoms with E-state index in [0.29, 0.717) is 35.7 Å². The smallest absolute Gasteiger partial charge is 0.242 e. The van der Waals surface area contributed by atoms with Crippen LogP contribution in [0.1, 0.15) is 51.3 Å². The van der Waals surface area contributed by atoms with Crippen molar-refractivity contribution in [2.24, 2.45) is 0 Å². The summed E-state index contributed by atoms with van der Waals surface area (Å²) in [6.45, 7) is 6.90. The quantitative estimate of drug-likeness (QED) is 0.513. The zero-order valence-electron chi connectivity index (χ0n) is 21.9. The van der Waals surface area contributed by atoms with Gasteiger partial charge < -0.3 is 30.2 Å². The maximum absolute atomic E-state index is 13.3. The highest BCUT2D eigenvalue weighted by molar-refractivity contribution is 5.85.